The monoisotopic (exact) mass is 714 g/mol. The number of phosphoric acid groups is 1. The largest absolute Gasteiger partial charge is 0.469 e. The molecule has 0 rings (SSSR count). The van der Waals surface area contributed by atoms with Crippen LogP contribution >= 0.6 is 7.82 Å². The van der Waals surface area contributed by atoms with Crippen molar-refractivity contribution in [2.45, 2.75) is 59.3 Å². The molecule has 0 aliphatic heterocycles. The molecule has 0 aromatic carbocycles. The van der Waals surface area contributed by atoms with Gasteiger partial charge >= 0.3 is 43.6 Å². The Hall–Kier alpha value is -3.41. The average Bonchev–Trinajstić information content (AvgIpc) is 3.04. The van der Waals surface area contributed by atoms with Crippen molar-refractivity contribution < 1.29 is 85.8 Å². The van der Waals surface area contributed by atoms with Gasteiger partial charge in [-0.1, -0.05) is 19.9 Å². The van der Waals surface area contributed by atoms with Gasteiger partial charge in [0.1, 0.15) is 46.2 Å². The second-order valence-corrected chi connectivity index (χ2v) is 11.6. The van der Waals surface area contributed by atoms with Crippen LogP contribution in [0.15, 0.2) is 12.7 Å². The highest BCUT2D eigenvalue weighted by atomic mass is 31.2. The van der Waals surface area contributed by atoms with Crippen LogP contribution in [0.1, 0.15) is 59.3 Å². The second-order valence-electron chi connectivity index (χ2n) is 10.4. The smallest absolute Gasteiger partial charge is 0.469 e. The molecule has 276 valence electrons. The molecule has 0 aromatic rings. The SMILES string of the molecule is C=CCOOCCOC(=O)CCC(=O)OCCOC(=O)C(C)CC(CC(C)(CC)C(=O)OCCC(=O)OCCOP(=O)(O)O)C(=O)OC. The summed E-state index contributed by atoms with van der Waals surface area (Å²) in [5.74, 6) is -5.91. The van der Waals surface area contributed by atoms with E-state index in [1.165, 1.54) is 20.1 Å². The molecule has 0 aliphatic carbocycles. The molecule has 0 heterocycles. The first kappa shape index (κ1) is 44.6. The molecule has 0 bridgehead atoms. The van der Waals surface area contributed by atoms with Gasteiger partial charge in [-0.05, 0) is 26.2 Å². The Morgan fingerprint density at radius 3 is 1.85 bits per heavy atom. The minimum atomic E-state index is -4.69. The zero-order valence-corrected chi connectivity index (χ0v) is 28.6. The van der Waals surface area contributed by atoms with Crippen molar-refractivity contribution in [3.8, 4) is 0 Å². The van der Waals surface area contributed by atoms with E-state index in [0.717, 1.165) is 0 Å². The van der Waals surface area contributed by atoms with Crippen LogP contribution in [0.2, 0.25) is 0 Å². The third kappa shape index (κ3) is 21.5. The minimum Gasteiger partial charge on any atom is -0.469 e. The number of ether oxygens (including phenoxy) is 6. The third-order valence-electron chi connectivity index (χ3n) is 6.51. The lowest BCUT2D eigenvalue weighted by Gasteiger charge is -2.30. The molecule has 0 amide bonds. The highest BCUT2D eigenvalue weighted by Gasteiger charge is 2.39. The van der Waals surface area contributed by atoms with Crippen LogP contribution in [-0.4, -0.2) is 106 Å². The van der Waals surface area contributed by atoms with Crippen molar-refractivity contribution in [3.05, 3.63) is 12.7 Å². The summed E-state index contributed by atoms with van der Waals surface area (Å²) < 4.78 is 44.6. The van der Waals surface area contributed by atoms with Crippen molar-refractivity contribution in [2.24, 2.45) is 17.3 Å². The molecule has 0 fully saturated rings. The number of carbonyl (C=O) groups is 6. The van der Waals surface area contributed by atoms with Crippen molar-refractivity contribution >= 4 is 43.6 Å². The maximum Gasteiger partial charge on any atom is 0.469 e. The Kier molecular flexibility index (Phi) is 22.9. The molecule has 0 spiro atoms. The molecule has 0 saturated heterocycles. The summed E-state index contributed by atoms with van der Waals surface area (Å²) >= 11 is 0. The molecule has 3 atom stereocenters. The van der Waals surface area contributed by atoms with E-state index < -0.39 is 74.1 Å². The zero-order chi connectivity index (χ0) is 36.6. The van der Waals surface area contributed by atoms with Crippen molar-refractivity contribution in [1.82, 2.24) is 0 Å². The molecular formula is C29H47O18P. The number of hydrogen-bond donors (Lipinski definition) is 2. The molecule has 2 N–H and O–H groups in total. The van der Waals surface area contributed by atoms with Gasteiger partial charge in [0.15, 0.2) is 0 Å². The normalized spacial score (nSPS) is 13.6. The Morgan fingerprint density at radius 2 is 1.31 bits per heavy atom. The molecule has 48 heavy (non-hydrogen) atoms. The Morgan fingerprint density at radius 1 is 0.771 bits per heavy atom. The first-order valence-electron chi connectivity index (χ1n) is 15.0. The van der Waals surface area contributed by atoms with Crippen LogP contribution < -0.4 is 0 Å². The average molecular weight is 715 g/mol. The van der Waals surface area contributed by atoms with Crippen LogP contribution in [0.5, 0.6) is 0 Å². The van der Waals surface area contributed by atoms with E-state index in [-0.39, 0.29) is 78.2 Å². The predicted molar refractivity (Wildman–Crippen MR) is 161 cm³/mol. The molecule has 0 radical (unpaired) electrons. The highest BCUT2D eigenvalue weighted by molar-refractivity contribution is 7.46. The van der Waals surface area contributed by atoms with E-state index in [1.807, 2.05) is 0 Å². The predicted octanol–water partition coefficient (Wildman–Crippen LogP) is 1.74. The fourth-order valence-electron chi connectivity index (χ4n) is 3.79. The van der Waals surface area contributed by atoms with Gasteiger partial charge in [-0.2, -0.15) is 0 Å². The first-order valence-corrected chi connectivity index (χ1v) is 16.6. The van der Waals surface area contributed by atoms with Crippen LogP contribution in [0.25, 0.3) is 0 Å². The molecule has 0 aliphatic rings. The van der Waals surface area contributed by atoms with Gasteiger partial charge in [-0.3, -0.25) is 33.3 Å². The second kappa shape index (κ2) is 24.7. The van der Waals surface area contributed by atoms with E-state index in [1.54, 1.807) is 13.8 Å². The van der Waals surface area contributed by atoms with E-state index in [9.17, 15) is 33.3 Å². The maximum absolute atomic E-state index is 12.9. The van der Waals surface area contributed by atoms with E-state index in [2.05, 4.69) is 16.0 Å². The molecule has 18 nitrogen and oxygen atoms in total. The number of phosphoric ester groups is 1. The number of methoxy groups -OCH3 is 1. The van der Waals surface area contributed by atoms with Gasteiger partial charge in [0, 0.05) is 0 Å². The van der Waals surface area contributed by atoms with Gasteiger partial charge in [-0.25, -0.2) is 14.3 Å². The summed E-state index contributed by atoms with van der Waals surface area (Å²) in [6.45, 7) is 6.50. The van der Waals surface area contributed by atoms with Crippen molar-refractivity contribution in [1.29, 1.82) is 0 Å². The zero-order valence-electron chi connectivity index (χ0n) is 27.7. The quantitative estimate of drug-likeness (QED) is 0.0234. The summed E-state index contributed by atoms with van der Waals surface area (Å²) in [5.41, 5.74) is -1.20. The fraction of sp³-hybridized carbons (Fsp3) is 0.724. The van der Waals surface area contributed by atoms with Gasteiger partial charge in [0.05, 0.1) is 50.2 Å². The first-order chi connectivity index (χ1) is 22.6. The molecule has 3 unspecified atom stereocenters. The summed E-state index contributed by atoms with van der Waals surface area (Å²) in [4.78, 5) is 100.0. The summed E-state index contributed by atoms with van der Waals surface area (Å²) in [6.07, 6.45) is 0.816. The molecule has 0 aromatic heterocycles. The lowest BCUT2D eigenvalue weighted by Crippen LogP contribution is -2.36. The summed E-state index contributed by atoms with van der Waals surface area (Å²) in [7, 11) is -3.53. The summed E-state index contributed by atoms with van der Waals surface area (Å²) in [6, 6.07) is 0. The number of rotatable bonds is 27. The highest BCUT2D eigenvalue weighted by Crippen LogP contribution is 2.36. The van der Waals surface area contributed by atoms with E-state index >= 15 is 0 Å². The van der Waals surface area contributed by atoms with E-state index in [4.69, 9.17) is 43.1 Å². The van der Waals surface area contributed by atoms with Gasteiger partial charge in [-0.15, -0.1) is 6.58 Å². The maximum atomic E-state index is 12.9. The number of hydrogen-bond acceptors (Lipinski definition) is 16. The fourth-order valence-corrected chi connectivity index (χ4v) is 4.10. The molecule has 0 saturated carbocycles. The van der Waals surface area contributed by atoms with Crippen molar-refractivity contribution in [2.75, 3.05) is 60.0 Å². The van der Waals surface area contributed by atoms with Crippen molar-refractivity contribution in [3.63, 3.8) is 0 Å². The minimum absolute atomic E-state index is 0.00531. The Bertz CT molecular complexity index is 1090. The van der Waals surface area contributed by atoms with Gasteiger partial charge in [0.2, 0.25) is 0 Å². The standard InChI is InChI=1S/C29H47O18P/c1-6-11-45-46-17-15-41-24(31)9-8-23(30)40-13-14-43-26(33)21(3)19-22(27(34)39-5)20-29(4,7-2)28(35)44-12-10-25(32)42-16-18-47-48(36,37)38/h6,21-22H,1,7-20H2,2-5H3,(H2,36,37,38). The van der Waals surface area contributed by atoms with E-state index in [0.29, 0.717) is 0 Å². The Balaban J connectivity index is 4.65. The number of esters is 6. The van der Waals surface area contributed by atoms with Gasteiger partial charge in [0.25, 0.3) is 0 Å². The molecule has 19 heteroatoms. The van der Waals surface area contributed by atoms with Crippen LogP contribution in [0, 0.1) is 17.3 Å². The van der Waals surface area contributed by atoms with Crippen LogP contribution in [-0.2, 0) is 76.1 Å². The Labute approximate surface area is 278 Å². The topological polar surface area (TPSA) is 243 Å². The number of carbonyl (C=O) groups excluding carboxylic acids is 6. The lowest BCUT2D eigenvalue weighted by molar-refractivity contribution is -0.290. The van der Waals surface area contributed by atoms with Gasteiger partial charge < -0.3 is 38.2 Å². The third-order valence-corrected chi connectivity index (χ3v) is 7.03. The molecular weight excluding hydrogens is 667 g/mol. The van der Waals surface area contributed by atoms with Crippen LogP contribution in [0.4, 0.5) is 0 Å². The lowest BCUT2D eigenvalue weighted by atomic mass is 9.76. The van der Waals surface area contributed by atoms with Crippen LogP contribution in [0.3, 0.4) is 0 Å². The summed E-state index contributed by atoms with van der Waals surface area (Å²) in [5, 5.41) is 0.